The molecule has 1 amide bonds. The molecule has 0 aliphatic carbocycles. The van der Waals surface area contributed by atoms with Gasteiger partial charge >= 0.3 is 5.97 Å². The van der Waals surface area contributed by atoms with Crippen molar-refractivity contribution < 1.29 is 27.7 Å². The smallest absolute Gasteiger partial charge is 0.341 e. The number of nitro benzene ring substituents is 1. The van der Waals surface area contributed by atoms with Gasteiger partial charge in [0.15, 0.2) is 6.61 Å². The van der Waals surface area contributed by atoms with Crippen molar-refractivity contribution in [2.75, 3.05) is 26.4 Å². The SMILES string of the molecule is CN(C)S(=O)(=O)c1ccccc1CNC(=O)COC(=O)c1cc([N+](=O)[O-])ccc1N. The number of carbonyl (C=O) groups is 2. The van der Waals surface area contributed by atoms with Crippen LogP contribution >= 0.6 is 0 Å². The Morgan fingerprint density at radius 2 is 1.87 bits per heavy atom. The molecule has 2 aromatic rings. The molecule has 11 nitrogen and oxygen atoms in total. The average Bonchev–Trinajstić information content (AvgIpc) is 2.70. The van der Waals surface area contributed by atoms with Gasteiger partial charge in [-0.3, -0.25) is 14.9 Å². The van der Waals surface area contributed by atoms with Crippen LogP contribution in [0.25, 0.3) is 0 Å². The number of nitrogen functional groups attached to an aromatic ring is 1. The quantitative estimate of drug-likeness (QED) is 0.267. The van der Waals surface area contributed by atoms with E-state index in [1.54, 1.807) is 18.2 Å². The number of nitrogens with one attached hydrogen (secondary N) is 1. The summed E-state index contributed by atoms with van der Waals surface area (Å²) in [6.07, 6.45) is 0. The summed E-state index contributed by atoms with van der Waals surface area (Å²) < 4.78 is 30.6. The van der Waals surface area contributed by atoms with E-state index in [0.717, 1.165) is 16.4 Å². The van der Waals surface area contributed by atoms with Crippen LogP contribution in [0.2, 0.25) is 0 Å². The Labute approximate surface area is 172 Å². The molecule has 12 heteroatoms. The molecule has 160 valence electrons. The second-order valence-corrected chi connectivity index (χ2v) is 8.40. The fourth-order valence-electron chi connectivity index (χ4n) is 2.39. The van der Waals surface area contributed by atoms with Gasteiger partial charge in [-0.1, -0.05) is 18.2 Å². The lowest BCUT2D eigenvalue weighted by Crippen LogP contribution is -2.30. The van der Waals surface area contributed by atoms with E-state index in [2.05, 4.69) is 5.32 Å². The van der Waals surface area contributed by atoms with E-state index in [-0.39, 0.29) is 28.4 Å². The number of rotatable bonds is 8. The van der Waals surface area contributed by atoms with E-state index in [0.29, 0.717) is 5.56 Å². The Bertz CT molecular complexity index is 1080. The molecule has 0 aliphatic rings. The number of anilines is 1. The highest BCUT2D eigenvalue weighted by Gasteiger charge is 2.21. The number of hydrogen-bond acceptors (Lipinski definition) is 8. The molecule has 0 radical (unpaired) electrons. The second-order valence-electron chi connectivity index (χ2n) is 6.28. The first-order valence-electron chi connectivity index (χ1n) is 8.52. The third kappa shape index (κ3) is 5.30. The van der Waals surface area contributed by atoms with Crippen LogP contribution in [0.3, 0.4) is 0 Å². The lowest BCUT2D eigenvalue weighted by Gasteiger charge is -2.15. The summed E-state index contributed by atoms with van der Waals surface area (Å²) in [5.74, 6) is -1.69. The van der Waals surface area contributed by atoms with E-state index in [1.807, 2.05) is 0 Å². The molecular weight excluding hydrogens is 416 g/mol. The number of nitrogens with two attached hydrogens (primary N) is 1. The van der Waals surface area contributed by atoms with Gasteiger partial charge in [-0.2, -0.15) is 0 Å². The Balaban J connectivity index is 2.01. The molecular formula is C18H20N4O7S. The number of amides is 1. The number of nitro groups is 1. The summed E-state index contributed by atoms with van der Waals surface area (Å²) in [5, 5.41) is 13.3. The fraction of sp³-hybridized carbons (Fsp3) is 0.222. The summed E-state index contributed by atoms with van der Waals surface area (Å²) in [7, 11) is -0.920. The largest absolute Gasteiger partial charge is 0.452 e. The summed E-state index contributed by atoms with van der Waals surface area (Å²) in [6.45, 7) is -0.790. The summed E-state index contributed by atoms with van der Waals surface area (Å²) >= 11 is 0. The molecule has 3 N–H and O–H groups in total. The minimum atomic E-state index is -3.71. The van der Waals surface area contributed by atoms with Crippen molar-refractivity contribution in [2.45, 2.75) is 11.4 Å². The van der Waals surface area contributed by atoms with Crippen LogP contribution in [0.15, 0.2) is 47.4 Å². The van der Waals surface area contributed by atoms with Crippen LogP contribution in [0.4, 0.5) is 11.4 Å². The molecule has 30 heavy (non-hydrogen) atoms. The van der Waals surface area contributed by atoms with E-state index < -0.39 is 33.4 Å². The molecule has 0 atom stereocenters. The molecule has 0 spiro atoms. The molecule has 0 fully saturated rings. The molecule has 0 heterocycles. The predicted octanol–water partition coefficient (Wildman–Crippen LogP) is 0.901. The van der Waals surface area contributed by atoms with Crippen molar-refractivity contribution in [3.8, 4) is 0 Å². The second kappa shape index (κ2) is 9.33. The fourth-order valence-corrected chi connectivity index (χ4v) is 3.50. The predicted molar refractivity (Wildman–Crippen MR) is 107 cm³/mol. The molecule has 2 aromatic carbocycles. The third-order valence-electron chi connectivity index (χ3n) is 4.01. The first kappa shape index (κ1) is 22.8. The summed E-state index contributed by atoms with van der Waals surface area (Å²) in [6, 6.07) is 9.44. The van der Waals surface area contributed by atoms with Crippen molar-refractivity contribution in [3.63, 3.8) is 0 Å². The summed E-state index contributed by atoms with van der Waals surface area (Å²) in [5.41, 5.74) is 5.37. The van der Waals surface area contributed by atoms with E-state index in [9.17, 15) is 28.1 Å². The van der Waals surface area contributed by atoms with Gasteiger partial charge in [-0.15, -0.1) is 0 Å². The summed E-state index contributed by atoms with van der Waals surface area (Å²) in [4.78, 5) is 34.3. The minimum Gasteiger partial charge on any atom is -0.452 e. The van der Waals surface area contributed by atoms with E-state index in [4.69, 9.17) is 10.5 Å². The minimum absolute atomic E-state index is 0.0335. The van der Waals surface area contributed by atoms with Crippen LogP contribution in [0.1, 0.15) is 15.9 Å². The zero-order valence-electron chi connectivity index (χ0n) is 16.2. The molecule has 0 bridgehead atoms. The Kier molecular flexibility index (Phi) is 7.08. The van der Waals surface area contributed by atoms with Crippen molar-refractivity contribution in [3.05, 3.63) is 63.7 Å². The number of esters is 1. The highest BCUT2D eigenvalue weighted by Crippen LogP contribution is 2.21. The maximum atomic E-state index is 12.4. The number of non-ortho nitro benzene ring substituents is 1. The zero-order valence-corrected chi connectivity index (χ0v) is 17.0. The van der Waals surface area contributed by atoms with E-state index >= 15 is 0 Å². The third-order valence-corrected chi connectivity index (χ3v) is 5.92. The number of hydrogen-bond donors (Lipinski definition) is 2. The number of ether oxygens (including phenoxy) is 1. The molecule has 0 saturated carbocycles. The van der Waals surface area contributed by atoms with Crippen LogP contribution in [0, 0.1) is 10.1 Å². The van der Waals surface area contributed by atoms with Crippen LogP contribution in [-0.4, -0.2) is 50.2 Å². The van der Waals surface area contributed by atoms with Crippen molar-refractivity contribution in [1.82, 2.24) is 9.62 Å². The first-order valence-corrected chi connectivity index (χ1v) is 9.96. The Morgan fingerprint density at radius 3 is 2.50 bits per heavy atom. The van der Waals surface area contributed by atoms with Crippen LogP contribution in [-0.2, 0) is 26.1 Å². The first-order chi connectivity index (χ1) is 14.0. The van der Waals surface area contributed by atoms with Gasteiger partial charge in [0.25, 0.3) is 11.6 Å². The normalized spacial score (nSPS) is 11.2. The zero-order chi connectivity index (χ0) is 22.5. The van der Waals surface area contributed by atoms with Crippen molar-refractivity contribution in [2.24, 2.45) is 0 Å². The van der Waals surface area contributed by atoms with Gasteiger partial charge in [-0.25, -0.2) is 17.5 Å². The van der Waals surface area contributed by atoms with Crippen LogP contribution in [0.5, 0.6) is 0 Å². The molecule has 0 aromatic heterocycles. The Morgan fingerprint density at radius 1 is 1.20 bits per heavy atom. The van der Waals surface area contributed by atoms with E-state index in [1.165, 1.54) is 26.2 Å². The molecule has 0 saturated heterocycles. The molecule has 0 aliphatic heterocycles. The van der Waals surface area contributed by atoms with Crippen molar-refractivity contribution >= 4 is 33.3 Å². The van der Waals surface area contributed by atoms with Gasteiger partial charge in [0.2, 0.25) is 10.0 Å². The van der Waals surface area contributed by atoms with Gasteiger partial charge in [-0.05, 0) is 17.7 Å². The highest BCUT2D eigenvalue weighted by molar-refractivity contribution is 7.89. The van der Waals surface area contributed by atoms with Gasteiger partial charge in [0.05, 0.1) is 15.4 Å². The van der Waals surface area contributed by atoms with Gasteiger partial charge in [0.1, 0.15) is 0 Å². The lowest BCUT2D eigenvalue weighted by molar-refractivity contribution is -0.384. The Hall–Kier alpha value is -3.51. The monoisotopic (exact) mass is 436 g/mol. The van der Waals surface area contributed by atoms with Gasteiger partial charge < -0.3 is 15.8 Å². The number of benzene rings is 2. The molecule has 2 rings (SSSR count). The number of sulfonamides is 1. The van der Waals surface area contributed by atoms with Crippen LogP contribution < -0.4 is 11.1 Å². The van der Waals surface area contributed by atoms with Gasteiger partial charge in [0, 0.05) is 38.5 Å². The lowest BCUT2D eigenvalue weighted by atomic mass is 10.1. The standard InChI is InChI=1S/C18H20N4O7S/c1-21(2)30(27,28)16-6-4-3-5-12(16)10-20-17(23)11-29-18(24)14-9-13(22(25)26)7-8-15(14)19/h3-9H,10-11,19H2,1-2H3,(H,20,23). The topological polar surface area (TPSA) is 162 Å². The average molecular weight is 436 g/mol. The number of nitrogens with zero attached hydrogens (tertiary/aromatic N) is 2. The molecule has 0 unspecified atom stereocenters. The highest BCUT2D eigenvalue weighted by atomic mass is 32.2. The van der Waals surface area contributed by atoms with Crippen molar-refractivity contribution in [1.29, 1.82) is 0 Å². The maximum absolute atomic E-state index is 12.4. The maximum Gasteiger partial charge on any atom is 0.341 e. The number of carbonyl (C=O) groups excluding carboxylic acids is 2.